The van der Waals surface area contributed by atoms with Crippen molar-refractivity contribution < 1.29 is 14.4 Å². The lowest BCUT2D eigenvalue weighted by molar-refractivity contribution is -0.112. The van der Waals surface area contributed by atoms with Crippen molar-refractivity contribution in [3.05, 3.63) is 58.7 Å². The number of rotatable bonds is 5. The lowest BCUT2D eigenvalue weighted by Crippen LogP contribution is -2.22. The van der Waals surface area contributed by atoms with Crippen LogP contribution in [0.3, 0.4) is 0 Å². The zero-order valence-electron chi connectivity index (χ0n) is 13.2. The molecule has 0 saturated heterocycles. The van der Waals surface area contributed by atoms with Crippen LogP contribution in [0.15, 0.2) is 41.9 Å². The Labute approximate surface area is 146 Å². The Bertz CT molecular complexity index is 956. The maximum atomic E-state index is 12.1. The molecule has 2 aromatic heterocycles. The fraction of sp³-hybridized carbons (Fsp3) is 0.0588. The number of nitrogens with zero attached hydrogens (tertiary/aromatic N) is 1. The van der Waals surface area contributed by atoms with E-state index in [0.29, 0.717) is 22.0 Å². The number of nitrogens with one attached hydrogen (secondary N) is 2. The zero-order valence-corrected chi connectivity index (χ0v) is 14.0. The predicted molar refractivity (Wildman–Crippen MR) is 94.6 cm³/mol. The van der Waals surface area contributed by atoms with E-state index in [1.807, 2.05) is 6.92 Å². The second-order valence-electron chi connectivity index (χ2n) is 5.35. The van der Waals surface area contributed by atoms with Crippen LogP contribution in [0.1, 0.15) is 26.4 Å². The summed E-state index contributed by atoms with van der Waals surface area (Å²) in [6.07, 6.45) is 1.60. The molecule has 0 atom stereocenters. The highest BCUT2D eigenvalue weighted by Gasteiger charge is 2.18. The van der Waals surface area contributed by atoms with Gasteiger partial charge in [-0.25, -0.2) is 4.98 Å². The number of benzene rings is 1. The molecule has 3 rings (SSSR count). The van der Waals surface area contributed by atoms with E-state index in [1.165, 1.54) is 11.3 Å². The number of hydrogen-bond donors (Lipinski definition) is 3. The molecule has 0 aliphatic rings. The number of Topliss-reactive ketones (excluding diaryl/α,β-unsaturated/α-hetero) is 1. The Balaban J connectivity index is 1.72. The van der Waals surface area contributed by atoms with Crippen LogP contribution in [0.5, 0.6) is 0 Å². The molecule has 0 fully saturated rings. The molecule has 2 heterocycles. The average Bonchev–Trinajstić information content (AvgIpc) is 3.23. The van der Waals surface area contributed by atoms with Crippen LogP contribution in [-0.2, 0) is 4.79 Å². The third-order valence-electron chi connectivity index (χ3n) is 3.49. The van der Waals surface area contributed by atoms with Crippen molar-refractivity contribution in [1.82, 2.24) is 9.97 Å². The molecule has 3 aromatic rings. The number of nitrogens with two attached hydrogens (primary N) is 1. The van der Waals surface area contributed by atoms with Crippen molar-refractivity contribution >= 4 is 34.1 Å². The van der Waals surface area contributed by atoms with Gasteiger partial charge in [0.2, 0.25) is 0 Å². The van der Waals surface area contributed by atoms with Crippen molar-refractivity contribution in [2.24, 2.45) is 5.73 Å². The molecule has 7 nitrogen and oxygen atoms in total. The molecule has 0 bridgehead atoms. The van der Waals surface area contributed by atoms with Crippen LogP contribution in [0.4, 0.5) is 5.13 Å². The largest absolute Gasteiger partial charge is 0.364 e. The number of amides is 2. The molecule has 2 amide bonds. The number of hydrogen-bond acceptors (Lipinski definition) is 5. The van der Waals surface area contributed by atoms with Gasteiger partial charge in [-0.05, 0) is 13.0 Å². The topological polar surface area (TPSA) is 118 Å². The fourth-order valence-corrected chi connectivity index (χ4v) is 2.85. The number of aryl methyl sites for hydroxylation is 1. The van der Waals surface area contributed by atoms with Gasteiger partial charge < -0.3 is 10.7 Å². The van der Waals surface area contributed by atoms with Crippen LogP contribution in [-0.4, -0.2) is 27.6 Å². The highest BCUT2D eigenvalue weighted by atomic mass is 32.1. The molecule has 8 heteroatoms. The van der Waals surface area contributed by atoms with Gasteiger partial charge in [-0.1, -0.05) is 29.8 Å². The molecular formula is C17H14N4O3S. The number of primary amides is 1. The number of carbonyl (C=O) groups is 3. The van der Waals surface area contributed by atoms with E-state index in [-0.39, 0.29) is 5.69 Å². The molecule has 0 unspecified atom stereocenters. The van der Waals surface area contributed by atoms with E-state index in [9.17, 15) is 14.4 Å². The summed E-state index contributed by atoms with van der Waals surface area (Å²) in [5.74, 6) is -1.95. The second kappa shape index (κ2) is 6.70. The third-order valence-corrected chi connectivity index (χ3v) is 4.25. The number of aromatic amines is 1. The number of H-pyrrole nitrogens is 1. The number of anilines is 1. The Kier molecular flexibility index (Phi) is 4.44. The van der Waals surface area contributed by atoms with E-state index in [4.69, 9.17) is 5.73 Å². The molecule has 0 aliphatic heterocycles. The summed E-state index contributed by atoms with van der Waals surface area (Å²) in [5.41, 5.74) is 8.00. The Hall–Kier alpha value is -3.26. The van der Waals surface area contributed by atoms with Gasteiger partial charge in [-0.3, -0.25) is 19.7 Å². The Morgan fingerprint density at radius 1 is 1.20 bits per heavy atom. The number of ketones is 1. The van der Waals surface area contributed by atoms with Crippen molar-refractivity contribution in [1.29, 1.82) is 0 Å². The van der Waals surface area contributed by atoms with Gasteiger partial charge in [0.1, 0.15) is 5.69 Å². The number of carbonyl (C=O) groups excluding carboxylic acids is 3. The summed E-state index contributed by atoms with van der Waals surface area (Å²) >= 11 is 1.18. The molecule has 4 N–H and O–H groups in total. The van der Waals surface area contributed by atoms with Crippen LogP contribution in [0.2, 0.25) is 0 Å². The standard InChI is InChI=1S/C17H14N4O3S/c1-9-2-4-10(5-3-9)14(22)16(24)21-17-20-13(8-25-17)11-6-12(15(18)23)19-7-11/h2-8,19H,1H3,(H2,18,23)(H,20,21,24). The summed E-state index contributed by atoms with van der Waals surface area (Å²) in [5, 5.41) is 4.49. The van der Waals surface area contributed by atoms with Gasteiger partial charge in [0, 0.05) is 22.7 Å². The van der Waals surface area contributed by atoms with Crippen molar-refractivity contribution in [3.8, 4) is 11.3 Å². The first-order chi connectivity index (χ1) is 11.9. The predicted octanol–water partition coefficient (Wildman–Crippen LogP) is 2.37. The second-order valence-corrected chi connectivity index (χ2v) is 6.21. The lowest BCUT2D eigenvalue weighted by Gasteiger charge is -2.01. The van der Waals surface area contributed by atoms with Gasteiger partial charge in [-0.15, -0.1) is 11.3 Å². The van der Waals surface area contributed by atoms with Crippen molar-refractivity contribution in [2.75, 3.05) is 5.32 Å². The monoisotopic (exact) mass is 354 g/mol. The van der Waals surface area contributed by atoms with Gasteiger partial charge in [0.15, 0.2) is 5.13 Å². The van der Waals surface area contributed by atoms with Crippen molar-refractivity contribution in [3.63, 3.8) is 0 Å². The molecule has 1 aromatic carbocycles. The van der Waals surface area contributed by atoms with E-state index in [2.05, 4.69) is 15.3 Å². The molecule has 0 radical (unpaired) electrons. The smallest absolute Gasteiger partial charge is 0.298 e. The van der Waals surface area contributed by atoms with E-state index in [1.54, 1.807) is 41.9 Å². The van der Waals surface area contributed by atoms with Crippen LogP contribution in [0, 0.1) is 6.92 Å². The zero-order chi connectivity index (χ0) is 18.0. The van der Waals surface area contributed by atoms with Gasteiger partial charge >= 0.3 is 0 Å². The summed E-state index contributed by atoms with van der Waals surface area (Å²) in [6, 6.07) is 8.32. The van der Waals surface area contributed by atoms with E-state index < -0.39 is 17.6 Å². The number of aromatic nitrogens is 2. The maximum absolute atomic E-state index is 12.1. The Morgan fingerprint density at radius 3 is 2.56 bits per heavy atom. The SMILES string of the molecule is Cc1ccc(C(=O)C(=O)Nc2nc(-c3c[nH]c(C(N)=O)c3)cs2)cc1. The minimum Gasteiger partial charge on any atom is -0.364 e. The molecule has 0 saturated carbocycles. The van der Waals surface area contributed by atoms with Gasteiger partial charge in [-0.2, -0.15) is 0 Å². The molecule has 0 spiro atoms. The van der Waals surface area contributed by atoms with E-state index >= 15 is 0 Å². The molecule has 126 valence electrons. The van der Waals surface area contributed by atoms with E-state index in [0.717, 1.165) is 5.56 Å². The lowest BCUT2D eigenvalue weighted by atomic mass is 10.1. The fourth-order valence-electron chi connectivity index (χ4n) is 2.14. The normalized spacial score (nSPS) is 10.4. The average molecular weight is 354 g/mol. The van der Waals surface area contributed by atoms with Crippen LogP contribution < -0.4 is 11.1 Å². The third kappa shape index (κ3) is 3.64. The minimum absolute atomic E-state index is 0.267. The first-order valence-corrected chi connectivity index (χ1v) is 8.18. The minimum atomic E-state index is -0.753. The quantitative estimate of drug-likeness (QED) is 0.481. The molecule has 0 aliphatic carbocycles. The van der Waals surface area contributed by atoms with Gasteiger partial charge in [0.25, 0.3) is 17.6 Å². The summed E-state index contributed by atoms with van der Waals surface area (Å²) in [6.45, 7) is 1.90. The highest BCUT2D eigenvalue weighted by molar-refractivity contribution is 7.14. The maximum Gasteiger partial charge on any atom is 0.298 e. The van der Waals surface area contributed by atoms with Crippen molar-refractivity contribution in [2.45, 2.75) is 6.92 Å². The molecular weight excluding hydrogens is 340 g/mol. The summed E-state index contributed by atoms with van der Waals surface area (Å²) in [7, 11) is 0. The summed E-state index contributed by atoms with van der Waals surface area (Å²) < 4.78 is 0. The summed E-state index contributed by atoms with van der Waals surface area (Å²) in [4.78, 5) is 42.3. The van der Waals surface area contributed by atoms with Crippen LogP contribution in [0.25, 0.3) is 11.3 Å². The Morgan fingerprint density at radius 2 is 1.92 bits per heavy atom. The first-order valence-electron chi connectivity index (χ1n) is 7.30. The van der Waals surface area contributed by atoms with Gasteiger partial charge in [0.05, 0.1) is 5.69 Å². The molecule has 25 heavy (non-hydrogen) atoms. The number of thiazole rings is 1. The first kappa shape index (κ1) is 16.6. The van der Waals surface area contributed by atoms with Crippen LogP contribution >= 0.6 is 11.3 Å². The highest BCUT2D eigenvalue weighted by Crippen LogP contribution is 2.25.